The summed E-state index contributed by atoms with van der Waals surface area (Å²) in [6.07, 6.45) is 0.170. The lowest BCUT2D eigenvalue weighted by Gasteiger charge is -2.29. The Morgan fingerprint density at radius 3 is 2.56 bits per heavy atom. The first-order chi connectivity index (χ1) is 16.3. The third-order valence-electron chi connectivity index (χ3n) is 6.24. The van der Waals surface area contributed by atoms with Gasteiger partial charge >= 0.3 is 6.18 Å². The molecule has 0 radical (unpaired) electrons. The van der Waals surface area contributed by atoms with Crippen molar-refractivity contribution in [3.63, 3.8) is 0 Å². The van der Waals surface area contributed by atoms with Gasteiger partial charge in [0.15, 0.2) is 0 Å². The highest BCUT2D eigenvalue weighted by atomic mass is 19.4. The van der Waals surface area contributed by atoms with Crippen LogP contribution < -0.4 is 0 Å². The standard InChI is InChI=1S/C26H23F4N3O/c27-21-9-18(8-20(11-21)26(28,29)30)24-13-32-25-23(24)10-19(12-31-25)17-5-3-16(4-6-17)14-33-7-1-2-22(34)15-33/h3-6,8-13,22,34H,1-2,7,14-15H2,(H,31,32). The van der Waals surface area contributed by atoms with E-state index in [2.05, 4.69) is 14.9 Å². The maximum absolute atomic E-state index is 14.0. The molecule has 1 saturated heterocycles. The summed E-state index contributed by atoms with van der Waals surface area (Å²) >= 11 is 0. The second-order valence-electron chi connectivity index (χ2n) is 8.78. The Labute approximate surface area is 193 Å². The second kappa shape index (κ2) is 8.85. The number of β-amino-alcohol motifs (C(OH)–C–C–N with tert-alkyl or cyclic N) is 1. The van der Waals surface area contributed by atoms with Crippen molar-refractivity contribution < 1.29 is 22.7 Å². The summed E-state index contributed by atoms with van der Waals surface area (Å²) in [7, 11) is 0. The number of aromatic amines is 1. The molecule has 1 fully saturated rings. The Morgan fingerprint density at radius 2 is 1.82 bits per heavy atom. The smallest absolute Gasteiger partial charge is 0.392 e. The van der Waals surface area contributed by atoms with E-state index in [1.54, 1.807) is 12.4 Å². The van der Waals surface area contributed by atoms with E-state index in [0.29, 0.717) is 29.2 Å². The van der Waals surface area contributed by atoms with Crippen LogP contribution in [0.15, 0.2) is 60.9 Å². The van der Waals surface area contributed by atoms with Crippen LogP contribution in [0.2, 0.25) is 0 Å². The first-order valence-corrected chi connectivity index (χ1v) is 11.1. The third-order valence-corrected chi connectivity index (χ3v) is 6.24. The zero-order chi connectivity index (χ0) is 23.9. The molecule has 176 valence electrons. The molecule has 5 rings (SSSR count). The van der Waals surface area contributed by atoms with Crippen molar-refractivity contribution in [2.45, 2.75) is 31.7 Å². The fourth-order valence-electron chi connectivity index (χ4n) is 4.54. The van der Waals surface area contributed by atoms with Crippen LogP contribution in [0.5, 0.6) is 0 Å². The van der Waals surface area contributed by atoms with E-state index in [0.717, 1.165) is 54.8 Å². The number of likely N-dealkylation sites (tertiary alicyclic amines) is 1. The first-order valence-electron chi connectivity index (χ1n) is 11.1. The number of halogens is 4. The fraction of sp³-hybridized carbons (Fsp3) is 0.269. The Morgan fingerprint density at radius 1 is 1.03 bits per heavy atom. The number of hydrogen-bond acceptors (Lipinski definition) is 3. The van der Waals surface area contributed by atoms with Gasteiger partial charge in [-0.2, -0.15) is 13.2 Å². The van der Waals surface area contributed by atoms with Gasteiger partial charge in [-0.15, -0.1) is 0 Å². The van der Waals surface area contributed by atoms with Crippen molar-refractivity contribution in [1.29, 1.82) is 0 Å². The summed E-state index contributed by atoms with van der Waals surface area (Å²) in [4.78, 5) is 9.61. The summed E-state index contributed by atoms with van der Waals surface area (Å²) in [5.74, 6) is -0.944. The molecular formula is C26H23F4N3O. The number of nitrogens with zero attached hydrogens (tertiary/aromatic N) is 2. The quantitative estimate of drug-likeness (QED) is 0.360. The van der Waals surface area contributed by atoms with Crippen molar-refractivity contribution in [2.24, 2.45) is 0 Å². The Kier molecular flexibility index (Phi) is 5.87. The highest BCUT2D eigenvalue weighted by Gasteiger charge is 2.31. The molecule has 3 heterocycles. The molecule has 1 unspecified atom stereocenters. The van der Waals surface area contributed by atoms with Gasteiger partial charge in [-0.1, -0.05) is 24.3 Å². The molecule has 1 aliphatic heterocycles. The van der Waals surface area contributed by atoms with Gasteiger partial charge in [0.1, 0.15) is 11.5 Å². The summed E-state index contributed by atoms with van der Waals surface area (Å²) < 4.78 is 53.5. The lowest BCUT2D eigenvalue weighted by atomic mass is 10.00. The van der Waals surface area contributed by atoms with E-state index in [-0.39, 0.29) is 11.7 Å². The molecule has 0 bridgehead atoms. The lowest BCUT2D eigenvalue weighted by molar-refractivity contribution is -0.137. The number of H-pyrrole nitrogens is 1. The van der Waals surface area contributed by atoms with Gasteiger partial charge < -0.3 is 10.1 Å². The molecule has 2 aromatic heterocycles. The minimum Gasteiger partial charge on any atom is -0.392 e. The highest BCUT2D eigenvalue weighted by molar-refractivity contribution is 5.95. The molecule has 0 saturated carbocycles. The monoisotopic (exact) mass is 469 g/mol. The molecule has 0 aliphatic carbocycles. The van der Waals surface area contributed by atoms with Crippen molar-refractivity contribution in [1.82, 2.24) is 14.9 Å². The maximum atomic E-state index is 14.0. The van der Waals surface area contributed by atoms with Crippen LogP contribution in [-0.4, -0.2) is 39.2 Å². The molecule has 0 amide bonds. The third kappa shape index (κ3) is 4.69. The van der Waals surface area contributed by atoms with Gasteiger partial charge in [-0.05, 0) is 60.3 Å². The molecule has 8 heteroatoms. The number of benzene rings is 2. The number of aliphatic hydroxyl groups excluding tert-OH is 1. The minimum absolute atomic E-state index is 0.136. The Hall–Kier alpha value is -3.23. The Balaban J connectivity index is 1.44. The van der Waals surface area contributed by atoms with Crippen molar-refractivity contribution in [3.05, 3.63) is 77.9 Å². The van der Waals surface area contributed by atoms with E-state index in [4.69, 9.17) is 0 Å². The first kappa shape index (κ1) is 22.6. The fourth-order valence-corrected chi connectivity index (χ4v) is 4.54. The van der Waals surface area contributed by atoms with Crippen LogP contribution in [0, 0.1) is 5.82 Å². The topological polar surface area (TPSA) is 52.1 Å². The minimum atomic E-state index is -4.64. The summed E-state index contributed by atoms with van der Waals surface area (Å²) in [6, 6.07) is 12.4. The number of nitrogens with one attached hydrogen (secondary N) is 1. The predicted octanol–water partition coefficient (Wildman–Crippen LogP) is 6.01. The average molecular weight is 469 g/mol. The van der Waals surface area contributed by atoms with Crippen molar-refractivity contribution >= 4 is 11.0 Å². The van der Waals surface area contributed by atoms with Crippen LogP contribution in [0.25, 0.3) is 33.3 Å². The number of hydrogen-bond donors (Lipinski definition) is 2. The summed E-state index contributed by atoms with van der Waals surface area (Å²) in [5, 5.41) is 10.5. The number of piperidine rings is 1. The summed E-state index contributed by atoms with van der Waals surface area (Å²) in [6.45, 7) is 2.40. The lowest BCUT2D eigenvalue weighted by Crippen LogP contribution is -2.37. The van der Waals surface area contributed by atoms with Crippen LogP contribution in [-0.2, 0) is 12.7 Å². The molecule has 1 aliphatic rings. The summed E-state index contributed by atoms with van der Waals surface area (Å²) in [5.41, 5.74) is 2.93. The highest BCUT2D eigenvalue weighted by Crippen LogP contribution is 2.36. The van der Waals surface area contributed by atoms with Crippen LogP contribution in [0.3, 0.4) is 0 Å². The second-order valence-corrected chi connectivity index (χ2v) is 8.78. The van der Waals surface area contributed by atoms with E-state index >= 15 is 0 Å². The van der Waals surface area contributed by atoms with Gasteiger partial charge in [0.25, 0.3) is 0 Å². The molecule has 0 spiro atoms. The average Bonchev–Trinajstić information content (AvgIpc) is 3.22. The van der Waals surface area contributed by atoms with Crippen molar-refractivity contribution in [2.75, 3.05) is 13.1 Å². The predicted molar refractivity (Wildman–Crippen MR) is 122 cm³/mol. The number of fused-ring (bicyclic) bond motifs is 1. The Bertz CT molecular complexity index is 1310. The number of rotatable bonds is 4. The van der Waals surface area contributed by atoms with E-state index in [1.165, 1.54) is 0 Å². The molecule has 1 atom stereocenters. The zero-order valence-electron chi connectivity index (χ0n) is 18.2. The number of alkyl halides is 3. The van der Waals surface area contributed by atoms with Gasteiger partial charge in [-0.3, -0.25) is 4.90 Å². The number of aromatic nitrogens is 2. The largest absolute Gasteiger partial charge is 0.416 e. The van der Waals surface area contributed by atoms with Crippen LogP contribution in [0.1, 0.15) is 24.0 Å². The van der Waals surface area contributed by atoms with Crippen molar-refractivity contribution in [3.8, 4) is 22.3 Å². The molecule has 2 aromatic carbocycles. The number of aliphatic hydroxyl groups is 1. The maximum Gasteiger partial charge on any atom is 0.416 e. The molecule has 4 nitrogen and oxygen atoms in total. The normalized spacial score (nSPS) is 17.4. The van der Waals surface area contributed by atoms with Gasteiger partial charge in [0.05, 0.1) is 11.7 Å². The van der Waals surface area contributed by atoms with E-state index in [1.807, 2.05) is 30.3 Å². The molecule has 34 heavy (non-hydrogen) atoms. The van der Waals surface area contributed by atoms with Gasteiger partial charge in [0.2, 0.25) is 0 Å². The molecule has 4 aromatic rings. The SMILES string of the molecule is OC1CCCN(Cc2ccc(-c3cnc4[nH]cc(-c5cc(F)cc(C(F)(F)F)c5)c4c3)cc2)C1. The van der Waals surface area contributed by atoms with Crippen LogP contribution in [0.4, 0.5) is 17.6 Å². The van der Waals surface area contributed by atoms with Gasteiger partial charge in [0, 0.05) is 42.0 Å². The van der Waals surface area contributed by atoms with E-state index in [9.17, 15) is 22.7 Å². The van der Waals surface area contributed by atoms with Crippen LogP contribution >= 0.6 is 0 Å². The zero-order valence-corrected chi connectivity index (χ0v) is 18.2. The molecular weight excluding hydrogens is 446 g/mol. The van der Waals surface area contributed by atoms with Gasteiger partial charge in [-0.25, -0.2) is 9.37 Å². The van der Waals surface area contributed by atoms with E-state index < -0.39 is 17.6 Å². The molecule has 2 N–H and O–H groups in total. The number of pyridine rings is 1.